The first-order valence-corrected chi connectivity index (χ1v) is 13.8. The molecule has 0 amide bonds. The zero-order chi connectivity index (χ0) is 21.7. The fraction of sp³-hybridized carbons (Fsp3) is 0.893. The highest BCUT2D eigenvalue weighted by molar-refractivity contribution is 4.79. The van der Waals surface area contributed by atoms with Gasteiger partial charge in [-0.05, 0) is 25.7 Å². The summed E-state index contributed by atoms with van der Waals surface area (Å²) in [5.41, 5.74) is 0. The quantitative estimate of drug-likeness (QED) is 0.131. The van der Waals surface area contributed by atoms with Crippen LogP contribution in [0.1, 0.15) is 148 Å². The van der Waals surface area contributed by atoms with Crippen LogP contribution in [-0.2, 0) is 13.1 Å². The van der Waals surface area contributed by atoms with Gasteiger partial charge in [0.25, 0.3) is 5.82 Å². The maximum atomic E-state index is 2.47. The van der Waals surface area contributed by atoms with E-state index in [9.17, 15) is 0 Å². The molecule has 0 spiro atoms. The van der Waals surface area contributed by atoms with Crippen molar-refractivity contribution in [2.75, 3.05) is 0 Å². The van der Waals surface area contributed by atoms with Gasteiger partial charge in [-0.2, -0.15) is 0 Å². The topological polar surface area (TPSA) is 8.81 Å². The Morgan fingerprint density at radius 3 is 1.43 bits per heavy atom. The fourth-order valence-corrected chi connectivity index (χ4v) is 4.55. The minimum Gasteiger partial charge on any atom is -0.234 e. The monoisotopic (exact) mass is 419 g/mol. The molecule has 1 rings (SSSR count). The predicted octanol–water partition coefficient (Wildman–Crippen LogP) is 8.93. The van der Waals surface area contributed by atoms with Gasteiger partial charge in [-0.25, -0.2) is 9.13 Å². The molecule has 0 saturated carbocycles. The molecule has 0 aliphatic heterocycles. The second kappa shape index (κ2) is 20.1. The van der Waals surface area contributed by atoms with Gasteiger partial charge in [-0.1, -0.05) is 117 Å². The first kappa shape index (κ1) is 27.2. The van der Waals surface area contributed by atoms with Crippen molar-refractivity contribution in [3.05, 3.63) is 18.2 Å². The molecule has 0 unspecified atom stereocenters. The van der Waals surface area contributed by atoms with E-state index in [-0.39, 0.29) is 0 Å². The molecule has 0 radical (unpaired) electrons. The highest BCUT2D eigenvalue weighted by Crippen LogP contribution is 2.12. The van der Waals surface area contributed by atoms with Crippen LogP contribution in [0.5, 0.6) is 0 Å². The van der Waals surface area contributed by atoms with E-state index in [4.69, 9.17) is 0 Å². The normalized spacial score (nSPS) is 11.4. The molecule has 1 heterocycles. The first-order chi connectivity index (χ1) is 14.8. The molecule has 30 heavy (non-hydrogen) atoms. The summed E-state index contributed by atoms with van der Waals surface area (Å²) < 4.78 is 4.95. The standard InChI is InChI=1S/C28H55N2/c1-4-6-8-10-12-14-16-18-20-22-24-29-26-27-30(28(29)3)25-23-21-19-17-15-13-11-9-7-5-2/h26-27H,4-25H2,1-3H3/q+1. The first-order valence-electron chi connectivity index (χ1n) is 13.8. The van der Waals surface area contributed by atoms with Gasteiger partial charge in [0, 0.05) is 6.92 Å². The number of rotatable bonds is 22. The number of nitrogens with zero attached hydrogens (tertiary/aromatic N) is 2. The van der Waals surface area contributed by atoms with Crippen molar-refractivity contribution in [1.29, 1.82) is 0 Å². The van der Waals surface area contributed by atoms with E-state index in [1.54, 1.807) is 0 Å². The second-order valence-electron chi connectivity index (χ2n) is 9.60. The largest absolute Gasteiger partial charge is 0.253 e. The fourth-order valence-electron chi connectivity index (χ4n) is 4.55. The smallest absolute Gasteiger partial charge is 0.234 e. The summed E-state index contributed by atoms with van der Waals surface area (Å²) >= 11 is 0. The van der Waals surface area contributed by atoms with E-state index < -0.39 is 0 Å². The van der Waals surface area contributed by atoms with Crippen molar-refractivity contribution in [1.82, 2.24) is 4.57 Å². The highest BCUT2D eigenvalue weighted by Gasteiger charge is 2.11. The number of unbranched alkanes of at least 4 members (excludes halogenated alkanes) is 18. The van der Waals surface area contributed by atoms with E-state index in [1.165, 1.54) is 147 Å². The molecule has 2 nitrogen and oxygen atoms in total. The van der Waals surface area contributed by atoms with Crippen molar-refractivity contribution >= 4 is 0 Å². The number of aromatic nitrogens is 2. The number of aryl methyl sites for hydroxylation is 2. The van der Waals surface area contributed by atoms with Gasteiger partial charge in [0.05, 0.1) is 13.1 Å². The molecule has 1 aromatic rings. The maximum absolute atomic E-state index is 2.47. The average Bonchev–Trinajstić information content (AvgIpc) is 3.10. The molecule has 0 fully saturated rings. The molecule has 176 valence electrons. The molecular weight excluding hydrogens is 364 g/mol. The highest BCUT2D eigenvalue weighted by atomic mass is 15.1. The predicted molar refractivity (Wildman–Crippen MR) is 133 cm³/mol. The minimum atomic E-state index is 1.20. The molecule has 2 heteroatoms. The average molecular weight is 420 g/mol. The molecule has 0 aromatic carbocycles. The van der Waals surface area contributed by atoms with Crippen molar-refractivity contribution in [3.63, 3.8) is 0 Å². The lowest BCUT2D eigenvalue weighted by Gasteiger charge is -2.04. The molecule has 0 saturated heterocycles. The molecule has 0 N–H and O–H groups in total. The lowest BCUT2D eigenvalue weighted by Crippen LogP contribution is -2.35. The van der Waals surface area contributed by atoms with Gasteiger partial charge in [0.1, 0.15) is 12.4 Å². The zero-order valence-corrected chi connectivity index (χ0v) is 21.1. The Morgan fingerprint density at radius 2 is 0.967 bits per heavy atom. The van der Waals surface area contributed by atoms with Crippen molar-refractivity contribution in [2.45, 2.75) is 162 Å². The SMILES string of the molecule is CCCCCCCCCCCCn1cc[n+](CCCCCCCCCCCC)c1C. The van der Waals surface area contributed by atoms with Crippen molar-refractivity contribution < 1.29 is 4.57 Å². The lowest BCUT2D eigenvalue weighted by molar-refractivity contribution is -0.702. The van der Waals surface area contributed by atoms with Crippen LogP contribution in [0.15, 0.2) is 12.4 Å². The van der Waals surface area contributed by atoms with Crippen LogP contribution < -0.4 is 4.57 Å². The summed E-state index contributed by atoms with van der Waals surface area (Å²) in [6, 6.07) is 0. The molecule has 1 aromatic heterocycles. The molecular formula is C28H55N2+. The van der Waals surface area contributed by atoms with Crippen molar-refractivity contribution in [2.24, 2.45) is 0 Å². The van der Waals surface area contributed by atoms with Gasteiger partial charge in [-0.3, -0.25) is 0 Å². The van der Waals surface area contributed by atoms with Gasteiger partial charge in [0.2, 0.25) is 0 Å². The Balaban J connectivity index is 1.98. The van der Waals surface area contributed by atoms with Crippen LogP contribution in [0.3, 0.4) is 0 Å². The van der Waals surface area contributed by atoms with E-state index in [1.807, 2.05) is 0 Å². The van der Waals surface area contributed by atoms with E-state index in [2.05, 4.69) is 42.3 Å². The lowest BCUT2D eigenvalue weighted by atomic mass is 10.1. The van der Waals surface area contributed by atoms with Gasteiger partial charge >= 0.3 is 0 Å². The summed E-state index contributed by atoms with van der Waals surface area (Å²) in [4.78, 5) is 0. The third-order valence-corrected chi connectivity index (χ3v) is 6.76. The summed E-state index contributed by atoms with van der Waals surface area (Å²) in [5.74, 6) is 1.45. The number of hydrogen-bond donors (Lipinski definition) is 0. The third kappa shape index (κ3) is 14.3. The van der Waals surface area contributed by atoms with Crippen LogP contribution >= 0.6 is 0 Å². The van der Waals surface area contributed by atoms with Gasteiger partial charge in [0.15, 0.2) is 0 Å². The Hall–Kier alpha value is -0.790. The van der Waals surface area contributed by atoms with Gasteiger partial charge in [-0.15, -0.1) is 0 Å². The van der Waals surface area contributed by atoms with Gasteiger partial charge < -0.3 is 0 Å². The third-order valence-electron chi connectivity index (χ3n) is 6.76. The zero-order valence-electron chi connectivity index (χ0n) is 21.1. The Morgan fingerprint density at radius 1 is 0.567 bits per heavy atom. The van der Waals surface area contributed by atoms with Crippen LogP contribution in [0.2, 0.25) is 0 Å². The van der Waals surface area contributed by atoms with Crippen LogP contribution in [0.4, 0.5) is 0 Å². The number of hydrogen-bond acceptors (Lipinski definition) is 0. The van der Waals surface area contributed by atoms with Crippen molar-refractivity contribution in [3.8, 4) is 0 Å². The Labute approximate surface area is 189 Å². The van der Waals surface area contributed by atoms with Crippen LogP contribution in [-0.4, -0.2) is 4.57 Å². The van der Waals surface area contributed by atoms with E-state index in [0.717, 1.165) is 0 Å². The second-order valence-corrected chi connectivity index (χ2v) is 9.60. The Kier molecular flexibility index (Phi) is 18.3. The maximum Gasteiger partial charge on any atom is 0.253 e. The minimum absolute atomic E-state index is 1.20. The molecule has 0 aliphatic rings. The van der Waals surface area contributed by atoms with Crippen LogP contribution in [0.25, 0.3) is 0 Å². The van der Waals surface area contributed by atoms with E-state index in [0.29, 0.717) is 0 Å². The molecule has 0 atom stereocenters. The summed E-state index contributed by atoms with van der Waals surface area (Å²) in [6.07, 6.45) is 33.0. The summed E-state index contributed by atoms with van der Waals surface area (Å²) in [5, 5.41) is 0. The Bertz CT molecular complexity index is 435. The summed E-state index contributed by atoms with van der Waals surface area (Å²) in [6.45, 7) is 9.30. The van der Waals surface area contributed by atoms with Crippen LogP contribution in [0, 0.1) is 6.92 Å². The molecule has 0 bridgehead atoms. The number of imidazole rings is 1. The summed E-state index contributed by atoms with van der Waals surface area (Å²) in [7, 11) is 0. The molecule has 0 aliphatic carbocycles. The van der Waals surface area contributed by atoms with E-state index >= 15 is 0 Å².